The van der Waals surface area contributed by atoms with Crippen LogP contribution in [-0.4, -0.2) is 90.9 Å². The molecule has 1 aromatic carbocycles. The number of aromatic nitrogens is 4. The van der Waals surface area contributed by atoms with E-state index in [4.69, 9.17) is 28.7 Å². The van der Waals surface area contributed by atoms with E-state index in [-0.39, 0.29) is 40.8 Å². The van der Waals surface area contributed by atoms with Crippen molar-refractivity contribution in [2.75, 3.05) is 33.3 Å². The Morgan fingerprint density at radius 1 is 1.08 bits per heavy atom. The highest BCUT2D eigenvalue weighted by molar-refractivity contribution is 7.46. The maximum absolute atomic E-state index is 11.0. The Bertz CT molecular complexity index is 1320. The topological polar surface area (TPSA) is 220 Å². The number of phosphoric acid groups is 1. The van der Waals surface area contributed by atoms with Gasteiger partial charge in [0, 0.05) is 12.1 Å². The number of methoxy groups -OCH3 is 3. The van der Waals surface area contributed by atoms with Crippen LogP contribution in [0.5, 0.6) is 23.0 Å². The second-order valence-corrected chi connectivity index (χ2v) is 9.12. The predicted octanol–water partition coefficient (Wildman–Crippen LogP) is -0.102. The number of nitrogens with one attached hydrogen (secondary N) is 1. The predicted molar refractivity (Wildman–Crippen MR) is 124 cm³/mol. The lowest BCUT2D eigenvalue weighted by atomic mass is 10.1. The van der Waals surface area contributed by atoms with Crippen LogP contribution >= 0.6 is 7.82 Å². The molecule has 37 heavy (non-hydrogen) atoms. The van der Waals surface area contributed by atoms with Crippen molar-refractivity contribution in [3.63, 3.8) is 0 Å². The van der Waals surface area contributed by atoms with Gasteiger partial charge in [-0.05, 0) is 6.07 Å². The van der Waals surface area contributed by atoms with Gasteiger partial charge in [-0.15, -0.1) is 0 Å². The van der Waals surface area contributed by atoms with Crippen molar-refractivity contribution in [2.45, 2.75) is 31.1 Å². The number of phenols is 1. The first-order valence-corrected chi connectivity index (χ1v) is 12.3. The zero-order chi connectivity index (χ0) is 26.9. The van der Waals surface area contributed by atoms with Gasteiger partial charge in [-0.1, -0.05) is 0 Å². The second-order valence-electron chi connectivity index (χ2n) is 7.89. The summed E-state index contributed by atoms with van der Waals surface area (Å²) in [5.74, 6) is 0.791. The van der Waals surface area contributed by atoms with E-state index in [2.05, 4.69) is 24.8 Å². The van der Waals surface area contributed by atoms with E-state index in [0.29, 0.717) is 11.3 Å². The van der Waals surface area contributed by atoms with Crippen LogP contribution in [0.15, 0.2) is 18.7 Å². The van der Waals surface area contributed by atoms with Crippen molar-refractivity contribution >= 4 is 24.8 Å². The number of benzene rings is 1. The standard InChI is InChI=1S/C20H26N5O11P/c1-32-10-4-9(13(26)17(34-3)16(10)33-2)5-21-18-12-19(23-7-22-18)25(8-24-12)20-15(28)14(27)11(36-20)6-35-37(29,30)31/h4,7-8,11,14-15,20,26-28H,5-6H2,1-3H3,(H,21,22,23)(H2,29,30,31)/t11-,14-,15-,20-/m1/s1. The molecule has 6 N–H and O–H groups in total. The van der Waals surface area contributed by atoms with Crippen molar-refractivity contribution in [2.24, 2.45) is 0 Å². The summed E-state index contributed by atoms with van der Waals surface area (Å²) in [5.41, 5.74) is 0.931. The molecule has 202 valence electrons. The molecule has 3 aromatic rings. The molecule has 4 rings (SSSR count). The first kappa shape index (κ1) is 26.8. The molecule has 3 heterocycles. The average molecular weight is 543 g/mol. The van der Waals surface area contributed by atoms with E-state index >= 15 is 0 Å². The summed E-state index contributed by atoms with van der Waals surface area (Å²) in [5, 5.41) is 34.5. The highest BCUT2D eigenvalue weighted by Gasteiger charge is 2.45. The third-order valence-corrected chi connectivity index (χ3v) is 6.19. The molecule has 0 aliphatic carbocycles. The SMILES string of the molecule is COc1cc(CNc2ncnc3c2ncn3[C@@H]2O[C@H](COP(=O)(O)O)[C@@H](O)[C@H]2O)c(O)c(OC)c1OC. The number of phenolic OH excluding ortho intramolecular Hbond substituents is 1. The Hall–Kier alpha value is -3.24. The van der Waals surface area contributed by atoms with E-state index in [1.807, 2.05) is 0 Å². The number of ether oxygens (including phenoxy) is 4. The minimum Gasteiger partial charge on any atom is -0.504 e. The van der Waals surface area contributed by atoms with Gasteiger partial charge in [0.15, 0.2) is 34.7 Å². The summed E-state index contributed by atoms with van der Waals surface area (Å²) in [7, 11) is -0.551. The van der Waals surface area contributed by atoms with Gasteiger partial charge >= 0.3 is 7.82 Å². The maximum atomic E-state index is 11.0. The van der Waals surface area contributed by atoms with Gasteiger partial charge in [-0.2, -0.15) is 0 Å². The monoisotopic (exact) mass is 543 g/mol. The van der Waals surface area contributed by atoms with Gasteiger partial charge < -0.3 is 49.4 Å². The second kappa shape index (κ2) is 10.6. The first-order chi connectivity index (χ1) is 17.6. The van der Waals surface area contributed by atoms with Crippen LogP contribution in [0.1, 0.15) is 11.8 Å². The molecule has 2 aromatic heterocycles. The van der Waals surface area contributed by atoms with Crippen molar-refractivity contribution in [1.29, 1.82) is 0 Å². The molecule has 0 radical (unpaired) electrons. The normalized spacial score (nSPS) is 21.8. The summed E-state index contributed by atoms with van der Waals surface area (Å²) in [6.07, 6.45) is -2.79. The Morgan fingerprint density at radius 2 is 1.81 bits per heavy atom. The summed E-state index contributed by atoms with van der Waals surface area (Å²) in [6.45, 7) is -0.573. The van der Waals surface area contributed by atoms with E-state index in [0.717, 1.165) is 0 Å². The molecule has 0 amide bonds. The van der Waals surface area contributed by atoms with Crippen LogP contribution in [0, 0.1) is 0 Å². The van der Waals surface area contributed by atoms with E-state index < -0.39 is 39.0 Å². The third kappa shape index (κ3) is 5.26. The van der Waals surface area contributed by atoms with Crippen LogP contribution in [-0.2, 0) is 20.4 Å². The number of rotatable bonds is 10. The highest BCUT2D eigenvalue weighted by atomic mass is 31.2. The maximum Gasteiger partial charge on any atom is 0.469 e. The molecule has 1 aliphatic rings. The smallest absolute Gasteiger partial charge is 0.469 e. The van der Waals surface area contributed by atoms with Gasteiger partial charge in [0.1, 0.15) is 24.6 Å². The quantitative estimate of drug-likeness (QED) is 0.184. The zero-order valence-corrected chi connectivity index (χ0v) is 20.8. The zero-order valence-electron chi connectivity index (χ0n) is 19.9. The third-order valence-electron chi connectivity index (χ3n) is 5.71. The van der Waals surface area contributed by atoms with Crippen molar-refractivity contribution in [1.82, 2.24) is 19.5 Å². The summed E-state index contributed by atoms with van der Waals surface area (Å²) in [4.78, 5) is 30.5. The summed E-state index contributed by atoms with van der Waals surface area (Å²) < 4.78 is 38.2. The molecule has 0 saturated carbocycles. The molecule has 1 fully saturated rings. The van der Waals surface area contributed by atoms with Gasteiger partial charge in [0.05, 0.1) is 34.3 Å². The number of phosphoric ester groups is 1. The summed E-state index contributed by atoms with van der Waals surface area (Å²) >= 11 is 0. The number of imidazole rings is 1. The fraction of sp³-hybridized carbons (Fsp3) is 0.450. The molecule has 16 nitrogen and oxygen atoms in total. The van der Waals surface area contributed by atoms with Gasteiger partial charge in [-0.25, -0.2) is 19.5 Å². The number of hydrogen-bond acceptors (Lipinski definition) is 13. The molecule has 17 heteroatoms. The lowest BCUT2D eigenvalue weighted by Gasteiger charge is -2.17. The van der Waals surface area contributed by atoms with Gasteiger partial charge in [0.25, 0.3) is 0 Å². The number of aromatic hydroxyl groups is 1. The van der Waals surface area contributed by atoms with E-state index in [1.54, 1.807) is 6.07 Å². The molecule has 0 unspecified atom stereocenters. The number of aliphatic hydroxyl groups excluding tert-OH is 2. The van der Waals surface area contributed by atoms with Crippen molar-refractivity contribution in [3.8, 4) is 23.0 Å². The Labute approximate surface area is 209 Å². The molecule has 1 aliphatic heterocycles. The number of nitrogens with zero attached hydrogens (tertiary/aromatic N) is 4. The summed E-state index contributed by atoms with van der Waals surface area (Å²) in [6, 6.07) is 1.57. The van der Waals surface area contributed by atoms with Gasteiger partial charge in [0.2, 0.25) is 11.5 Å². The molecule has 4 atom stereocenters. The van der Waals surface area contributed by atoms with Crippen molar-refractivity contribution < 1.29 is 53.1 Å². The van der Waals surface area contributed by atoms with Crippen LogP contribution in [0.2, 0.25) is 0 Å². The fourth-order valence-electron chi connectivity index (χ4n) is 3.94. The molecular weight excluding hydrogens is 517 g/mol. The highest BCUT2D eigenvalue weighted by Crippen LogP contribution is 2.46. The Morgan fingerprint density at radius 3 is 2.46 bits per heavy atom. The molecule has 0 spiro atoms. The molecule has 0 bridgehead atoms. The molecule has 1 saturated heterocycles. The average Bonchev–Trinajstić information content (AvgIpc) is 3.42. The first-order valence-electron chi connectivity index (χ1n) is 10.7. The van der Waals surface area contributed by atoms with E-state index in [1.165, 1.54) is 38.6 Å². The lowest BCUT2D eigenvalue weighted by Crippen LogP contribution is -2.33. The largest absolute Gasteiger partial charge is 0.504 e. The van der Waals surface area contributed by atoms with Crippen LogP contribution in [0.4, 0.5) is 5.82 Å². The Kier molecular flexibility index (Phi) is 7.70. The fourth-order valence-corrected chi connectivity index (χ4v) is 4.28. The molecular formula is C20H26N5O11P. The van der Waals surface area contributed by atoms with Crippen LogP contribution in [0.25, 0.3) is 11.2 Å². The van der Waals surface area contributed by atoms with E-state index in [9.17, 15) is 19.9 Å². The number of anilines is 1. The number of fused-ring (bicyclic) bond motifs is 1. The lowest BCUT2D eigenvalue weighted by molar-refractivity contribution is -0.0504. The Balaban J connectivity index is 1.58. The van der Waals surface area contributed by atoms with Crippen LogP contribution in [0.3, 0.4) is 0 Å². The van der Waals surface area contributed by atoms with Crippen LogP contribution < -0.4 is 19.5 Å². The minimum atomic E-state index is -4.80. The number of aliphatic hydroxyl groups is 2. The minimum absolute atomic E-state index is 0.0740. The number of hydrogen-bond donors (Lipinski definition) is 6. The van der Waals surface area contributed by atoms with Gasteiger partial charge in [-0.3, -0.25) is 9.09 Å². The van der Waals surface area contributed by atoms with Crippen molar-refractivity contribution in [3.05, 3.63) is 24.3 Å².